The molecule has 2 amide bonds. The van der Waals surface area contributed by atoms with Crippen LogP contribution in [0.2, 0.25) is 10.0 Å². The summed E-state index contributed by atoms with van der Waals surface area (Å²) >= 11 is 12.7. The molecule has 45 heavy (non-hydrogen) atoms. The molecule has 0 radical (unpaired) electrons. The van der Waals surface area contributed by atoms with Crippen LogP contribution in [0.5, 0.6) is 0 Å². The van der Waals surface area contributed by atoms with Crippen molar-refractivity contribution >= 4 is 50.7 Å². The first-order valence-electron chi connectivity index (χ1n) is 14.7. The number of anilines is 1. The molecule has 4 rings (SSSR count). The maximum Gasteiger partial charge on any atom is 0.264 e. The van der Waals surface area contributed by atoms with Gasteiger partial charge in [0.2, 0.25) is 11.8 Å². The fraction of sp³-hybridized carbons (Fsp3) is 0.257. The van der Waals surface area contributed by atoms with E-state index in [1.807, 2.05) is 51.1 Å². The van der Waals surface area contributed by atoms with E-state index in [0.29, 0.717) is 11.4 Å². The largest absolute Gasteiger partial charge is 0.352 e. The van der Waals surface area contributed by atoms with Gasteiger partial charge in [0.05, 0.1) is 15.6 Å². The number of halogens is 2. The lowest BCUT2D eigenvalue weighted by Crippen LogP contribution is -2.54. The van der Waals surface area contributed by atoms with Crippen LogP contribution in [0.1, 0.15) is 37.0 Å². The van der Waals surface area contributed by atoms with E-state index in [9.17, 15) is 18.0 Å². The van der Waals surface area contributed by atoms with Gasteiger partial charge in [-0.15, -0.1) is 0 Å². The zero-order valence-corrected chi connectivity index (χ0v) is 27.8. The van der Waals surface area contributed by atoms with Crippen molar-refractivity contribution in [3.8, 4) is 0 Å². The van der Waals surface area contributed by atoms with Crippen molar-refractivity contribution in [1.29, 1.82) is 0 Å². The Morgan fingerprint density at radius 1 is 0.822 bits per heavy atom. The zero-order valence-electron chi connectivity index (χ0n) is 25.5. The maximum absolute atomic E-state index is 14.5. The van der Waals surface area contributed by atoms with E-state index in [4.69, 9.17) is 23.2 Å². The third kappa shape index (κ3) is 8.87. The van der Waals surface area contributed by atoms with E-state index in [0.717, 1.165) is 21.0 Å². The van der Waals surface area contributed by atoms with Gasteiger partial charge in [0.15, 0.2) is 0 Å². The summed E-state index contributed by atoms with van der Waals surface area (Å²) < 4.78 is 29.3. The van der Waals surface area contributed by atoms with Gasteiger partial charge in [-0.3, -0.25) is 13.9 Å². The molecule has 236 valence electrons. The number of hydrogen-bond donors (Lipinski definition) is 1. The van der Waals surface area contributed by atoms with Crippen molar-refractivity contribution in [1.82, 2.24) is 10.2 Å². The van der Waals surface area contributed by atoms with E-state index in [1.165, 1.54) is 17.0 Å². The summed E-state index contributed by atoms with van der Waals surface area (Å²) in [6, 6.07) is 28.2. The highest BCUT2D eigenvalue weighted by Gasteiger charge is 2.35. The Labute approximate surface area is 275 Å². The summed E-state index contributed by atoms with van der Waals surface area (Å²) in [5.41, 5.74) is 2.63. The molecule has 2 unspecified atom stereocenters. The summed E-state index contributed by atoms with van der Waals surface area (Å²) in [5, 5.41) is 3.72. The van der Waals surface area contributed by atoms with Gasteiger partial charge in [-0.1, -0.05) is 102 Å². The molecule has 4 aromatic carbocycles. The summed E-state index contributed by atoms with van der Waals surface area (Å²) in [5.74, 6) is -0.901. The van der Waals surface area contributed by atoms with E-state index < -0.39 is 28.5 Å². The van der Waals surface area contributed by atoms with Crippen LogP contribution in [0.3, 0.4) is 0 Å². The number of amides is 2. The quantitative estimate of drug-likeness (QED) is 0.166. The Morgan fingerprint density at radius 3 is 2.07 bits per heavy atom. The van der Waals surface area contributed by atoms with Crippen LogP contribution in [-0.2, 0) is 32.6 Å². The van der Waals surface area contributed by atoms with E-state index >= 15 is 0 Å². The summed E-state index contributed by atoms with van der Waals surface area (Å²) in [4.78, 5) is 29.9. The standard InChI is InChI=1S/C35H37Cl2N3O4S/c1-4-26(3)38-35(42)33(22-27-10-6-5-7-11-27)39(23-28-16-18-29(36)19-17-28)34(41)24-40(32-13-9-8-12-31(32)37)45(43,44)30-20-14-25(2)15-21-30/h5-21,26,33H,4,22-24H2,1-3H3,(H,38,42). The SMILES string of the molecule is CCC(C)NC(=O)C(Cc1ccccc1)N(Cc1ccc(Cl)cc1)C(=O)CN(c1ccccc1Cl)S(=O)(=O)c1ccc(C)cc1. The van der Waals surface area contributed by atoms with Crippen LogP contribution in [0.15, 0.2) is 108 Å². The van der Waals surface area contributed by atoms with Crippen LogP contribution in [0.25, 0.3) is 0 Å². The van der Waals surface area contributed by atoms with Crippen LogP contribution in [0.4, 0.5) is 5.69 Å². The number of nitrogens with zero attached hydrogens (tertiary/aromatic N) is 2. The van der Waals surface area contributed by atoms with Gasteiger partial charge in [-0.25, -0.2) is 8.42 Å². The van der Waals surface area contributed by atoms with Gasteiger partial charge in [0.1, 0.15) is 12.6 Å². The highest BCUT2D eigenvalue weighted by Crippen LogP contribution is 2.31. The minimum absolute atomic E-state index is 0.0143. The molecule has 0 aromatic heterocycles. The molecule has 0 aliphatic carbocycles. The van der Waals surface area contributed by atoms with Crippen LogP contribution in [-0.4, -0.2) is 43.8 Å². The van der Waals surface area contributed by atoms with Crippen molar-refractivity contribution in [3.63, 3.8) is 0 Å². The first kappa shape index (κ1) is 34.0. The number of hydrogen-bond acceptors (Lipinski definition) is 4. The van der Waals surface area contributed by atoms with Gasteiger partial charge >= 0.3 is 0 Å². The fourth-order valence-corrected chi connectivity index (χ4v) is 6.63. The molecule has 7 nitrogen and oxygen atoms in total. The molecule has 0 aliphatic rings. The topological polar surface area (TPSA) is 86.8 Å². The average Bonchev–Trinajstić information content (AvgIpc) is 3.03. The molecule has 10 heteroatoms. The normalized spacial score (nSPS) is 12.6. The summed E-state index contributed by atoms with van der Waals surface area (Å²) in [7, 11) is -4.24. The Balaban J connectivity index is 1.81. The number of sulfonamides is 1. The average molecular weight is 667 g/mol. The number of carbonyl (C=O) groups excluding carboxylic acids is 2. The molecule has 2 atom stereocenters. The smallest absolute Gasteiger partial charge is 0.264 e. The number of aryl methyl sites for hydroxylation is 1. The Hall–Kier alpha value is -3.85. The maximum atomic E-state index is 14.5. The van der Waals surface area contributed by atoms with E-state index in [-0.39, 0.29) is 40.5 Å². The molecule has 0 saturated carbocycles. The number of rotatable bonds is 13. The molecule has 0 spiro atoms. The predicted molar refractivity (Wildman–Crippen MR) is 181 cm³/mol. The van der Waals surface area contributed by atoms with Crippen molar-refractivity contribution in [2.45, 2.75) is 57.1 Å². The lowest BCUT2D eigenvalue weighted by molar-refractivity contribution is -0.140. The molecular weight excluding hydrogens is 629 g/mol. The minimum Gasteiger partial charge on any atom is -0.352 e. The van der Waals surface area contributed by atoms with Crippen molar-refractivity contribution < 1.29 is 18.0 Å². The van der Waals surface area contributed by atoms with Gasteiger partial charge in [0, 0.05) is 24.0 Å². The van der Waals surface area contributed by atoms with Crippen molar-refractivity contribution in [2.75, 3.05) is 10.8 Å². The minimum atomic E-state index is -4.24. The highest BCUT2D eigenvalue weighted by atomic mass is 35.5. The Bertz CT molecular complexity index is 1700. The monoisotopic (exact) mass is 665 g/mol. The third-order valence-corrected chi connectivity index (χ3v) is 9.89. The number of benzene rings is 4. The van der Waals surface area contributed by atoms with Crippen LogP contribution >= 0.6 is 23.2 Å². The predicted octanol–water partition coefficient (Wildman–Crippen LogP) is 7.05. The lowest BCUT2D eigenvalue weighted by Gasteiger charge is -2.34. The first-order chi connectivity index (χ1) is 21.5. The van der Waals surface area contributed by atoms with Gasteiger partial charge in [-0.2, -0.15) is 0 Å². The molecule has 1 N–H and O–H groups in total. The highest BCUT2D eigenvalue weighted by molar-refractivity contribution is 7.92. The van der Waals surface area contributed by atoms with Gasteiger partial charge in [0.25, 0.3) is 10.0 Å². The van der Waals surface area contributed by atoms with Crippen molar-refractivity contribution in [3.05, 3.63) is 130 Å². The molecule has 0 aliphatic heterocycles. The van der Waals surface area contributed by atoms with Gasteiger partial charge in [-0.05, 0) is 67.8 Å². The third-order valence-electron chi connectivity index (χ3n) is 7.55. The molecule has 0 heterocycles. The van der Waals surface area contributed by atoms with Crippen LogP contribution in [0, 0.1) is 6.92 Å². The zero-order chi connectivity index (χ0) is 32.6. The second kappa shape index (κ2) is 15.4. The number of carbonyl (C=O) groups is 2. The van der Waals surface area contributed by atoms with Gasteiger partial charge < -0.3 is 10.2 Å². The second-order valence-corrected chi connectivity index (χ2v) is 13.7. The van der Waals surface area contributed by atoms with E-state index in [1.54, 1.807) is 60.7 Å². The number of para-hydroxylation sites is 1. The van der Waals surface area contributed by atoms with Crippen LogP contribution < -0.4 is 9.62 Å². The Kier molecular flexibility index (Phi) is 11.7. The van der Waals surface area contributed by atoms with Crippen molar-refractivity contribution in [2.24, 2.45) is 0 Å². The lowest BCUT2D eigenvalue weighted by atomic mass is 10.0. The fourth-order valence-electron chi connectivity index (χ4n) is 4.79. The number of nitrogens with one attached hydrogen (secondary N) is 1. The first-order valence-corrected chi connectivity index (χ1v) is 16.9. The summed E-state index contributed by atoms with van der Waals surface area (Å²) in [6.07, 6.45) is 0.920. The molecule has 4 aromatic rings. The molecule has 0 bridgehead atoms. The van der Waals surface area contributed by atoms with E-state index in [2.05, 4.69) is 5.32 Å². The molecular formula is C35H37Cl2N3O4S. The molecule has 0 fully saturated rings. The summed E-state index contributed by atoms with van der Waals surface area (Å²) in [6.45, 7) is 5.18. The Morgan fingerprint density at radius 2 is 1.44 bits per heavy atom. The molecule has 0 saturated heterocycles. The second-order valence-electron chi connectivity index (χ2n) is 10.9.